The second-order valence-corrected chi connectivity index (χ2v) is 8.16. The Labute approximate surface area is 174 Å². The zero-order chi connectivity index (χ0) is 21.1. The van der Waals surface area contributed by atoms with E-state index in [1.807, 2.05) is 0 Å². The van der Waals surface area contributed by atoms with Gasteiger partial charge in [0.2, 0.25) is 11.8 Å². The molecule has 0 bridgehead atoms. The Morgan fingerprint density at radius 3 is 2.59 bits per heavy atom. The molecule has 152 valence electrons. The zero-order valence-electron chi connectivity index (χ0n) is 15.0. The number of nitro benzene ring substituents is 1. The molecule has 0 radical (unpaired) electrons. The van der Waals surface area contributed by atoms with Gasteiger partial charge in [-0.2, -0.15) is 12.6 Å². The van der Waals surface area contributed by atoms with Crippen LogP contribution in [0.15, 0.2) is 35.7 Å². The molecule has 1 fully saturated rings. The highest BCUT2D eigenvalue weighted by Gasteiger charge is 2.38. The van der Waals surface area contributed by atoms with Crippen molar-refractivity contribution in [1.82, 2.24) is 4.90 Å². The molecule has 1 aromatic heterocycles. The topological polar surface area (TPSA) is 130 Å². The predicted octanol–water partition coefficient (Wildman–Crippen LogP) is 2.44. The van der Waals surface area contributed by atoms with Gasteiger partial charge in [0, 0.05) is 23.9 Å². The molecule has 0 saturated carbocycles. The minimum Gasteiger partial charge on any atom is -0.477 e. The number of thiophene rings is 1. The number of nitro groups is 1. The van der Waals surface area contributed by atoms with E-state index in [0.29, 0.717) is 12.0 Å². The lowest BCUT2D eigenvalue weighted by Gasteiger charge is -2.24. The second-order valence-electron chi connectivity index (χ2n) is 6.51. The standard InChI is InChI=1S/C18H17N3O6S2/c22-15(7-10-1-3-11(4-2-10)21(26)27)20-9-12(28)8-14(20)17(23)19-13-5-6-29-16(13)18(24)25/h1-6,12,14,28H,7-9H2,(H,19,23)(H,24,25)/t12-,14-/m0/s1. The number of nitrogens with one attached hydrogen (secondary N) is 1. The van der Waals surface area contributed by atoms with Crippen LogP contribution in [0.3, 0.4) is 0 Å². The summed E-state index contributed by atoms with van der Waals surface area (Å²) in [5, 5.41) is 23.9. The zero-order valence-corrected chi connectivity index (χ0v) is 16.7. The Bertz CT molecular complexity index is 959. The van der Waals surface area contributed by atoms with Crippen molar-refractivity contribution in [1.29, 1.82) is 0 Å². The first-order valence-corrected chi connectivity index (χ1v) is 9.98. The molecule has 9 nitrogen and oxygen atoms in total. The molecule has 1 aliphatic rings. The number of carbonyl (C=O) groups is 3. The normalized spacial score (nSPS) is 18.4. The molecule has 11 heteroatoms. The molecule has 2 atom stereocenters. The van der Waals surface area contributed by atoms with Gasteiger partial charge < -0.3 is 15.3 Å². The van der Waals surface area contributed by atoms with Crippen LogP contribution < -0.4 is 5.32 Å². The quantitative estimate of drug-likeness (QED) is 0.363. The first-order chi connectivity index (χ1) is 13.8. The lowest BCUT2D eigenvalue weighted by molar-refractivity contribution is -0.384. The third-order valence-electron chi connectivity index (χ3n) is 4.52. The van der Waals surface area contributed by atoms with Gasteiger partial charge in [-0.15, -0.1) is 11.3 Å². The highest BCUT2D eigenvalue weighted by atomic mass is 32.1. The molecule has 1 aliphatic heterocycles. The Hall–Kier alpha value is -2.92. The Morgan fingerprint density at radius 1 is 1.28 bits per heavy atom. The summed E-state index contributed by atoms with van der Waals surface area (Å²) in [7, 11) is 0. The number of carbonyl (C=O) groups excluding carboxylic acids is 2. The number of thiol groups is 1. The Balaban J connectivity index is 1.71. The van der Waals surface area contributed by atoms with Gasteiger partial charge in [0.25, 0.3) is 5.69 Å². The van der Waals surface area contributed by atoms with Crippen LogP contribution in [0.5, 0.6) is 0 Å². The number of hydrogen-bond donors (Lipinski definition) is 3. The summed E-state index contributed by atoms with van der Waals surface area (Å²) in [5.74, 6) is -1.92. The van der Waals surface area contributed by atoms with E-state index in [2.05, 4.69) is 17.9 Å². The summed E-state index contributed by atoms with van der Waals surface area (Å²) in [6.45, 7) is 0.280. The molecule has 3 rings (SSSR count). The van der Waals surface area contributed by atoms with Crippen molar-refractivity contribution in [2.45, 2.75) is 24.1 Å². The van der Waals surface area contributed by atoms with Crippen molar-refractivity contribution in [3.8, 4) is 0 Å². The van der Waals surface area contributed by atoms with Crippen molar-refractivity contribution >= 4 is 53.1 Å². The first-order valence-electron chi connectivity index (χ1n) is 8.58. The number of benzene rings is 1. The Kier molecular flexibility index (Phi) is 6.18. The molecule has 2 aromatic rings. The minimum absolute atomic E-state index is 0.0128. The maximum absolute atomic E-state index is 12.8. The number of amides is 2. The maximum atomic E-state index is 12.8. The van der Waals surface area contributed by atoms with Gasteiger partial charge in [-0.05, 0) is 23.4 Å². The van der Waals surface area contributed by atoms with E-state index in [1.165, 1.54) is 35.2 Å². The SMILES string of the molecule is O=C(O)c1sccc1NC(=O)[C@@H]1C[C@H](S)CN1C(=O)Cc1ccc([N+](=O)[O-])cc1. The molecule has 0 unspecified atom stereocenters. The molecule has 0 spiro atoms. The fourth-order valence-corrected chi connectivity index (χ4v) is 4.20. The van der Waals surface area contributed by atoms with Crippen molar-refractivity contribution in [3.63, 3.8) is 0 Å². The average molecular weight is 435 g/mol. The molecule has 2 N–H and O–H groups in total. The number of non-ortho nitro benzene ring substituents is 1. The number of anilines is 1. The smallest absolute Gasteiger partial charge is 0.348 e. The van der Waals surface area contributed by atoms with Gasteiger partial charge in [0.1, 0.15) is 10.9 Å². The van der Waals surface area contributed by atoms with Gasteiger partial charge in [-0.1, -0.05) is 12.1 Å². The number of aromatic carboxylic acids is 1. The van der Waals surface area contributed by atoms with Crippen molar-refractivity contribution < 1.29 is 24.4 Å². The van der Waals surface area contributed by atoms with E-state index in [4.69, 9.17) is 0 Å². The molecular formula is C18H17N3O6S2. The fourth-order valence-electron chi connectivity index (χ4n) is 3.14. The molecule has 29 heavy (non-hydrogen) atoms. The number of likely N-dealkylation sites (tertiary alicyclic amines) is 1. The molecule has 1 saturated heterocycles. The van der Waals surface area contributed by atoms with Crippen molar-refractivity contribution in [3.05, 3.63) is 56.3 Å². The van der Waals surface area contributed by atoms with Crippen LogP contribution in [0.4, 0.5) is 11.4 Å². The van der Waals surface area contributed by atoms with E-state index >= 15 is 0 Å². The van der Waals surface area contributed by atoms with E-state index < -0.39 is 22.8 Å². The second kappa shape index (κ2) is 8.62. The van der Waals surface area contributed by atoms with Crippen LogP contribution in [0.1, 0.15) is 21.7 Å². The van der Waals surface area contributed by atoms with E-state index in [0.717, 1.165) is 11.3 Å². The number of rotatable bonds is 6. The van der Waals surface area contributed by atoms with Crippen molar-refractivity contribution in [2.24, 2.45) is 0 Å². The number of hydrogen-bond acceptors (Lipinski definition) is 7. The fraction of sp³-hybridized carbons (Fsp3) is 0.278. The first kappa shape index (κ1) is 20.8. The van der Waals surface area contributed by atoms with Crippen molar-refractivity contribution in [2.75, 3.05) is 11.9 Å². The van der Waals surface area contributed by atoms with Gasteiger partial charge in [-0.25, -0.2) is 4.79 Å². The van der Waals surface area contributed by atoms with Gasteiger partial charge in [-0.3, -0.25) is 19.7 Å². The number of carboxylic acids is 1. The van der Waals surface area contributed by atoms with E-state index in [9.17, 15) is 29.6 Å². The summed E-state index contributed by atoms with van der Waals surface area (Å²) in [4.78, 5) is 48.3. The Morgan fingerprint density at radius 2 is 1.97 bits per heavy atom. The molecule has 2 amide bonds. The summed E-state index contributed by atoms with van der Waals surface area (Å²) >= 11 is 5.39. The summed E-state index contributed by atoms with van der Waals surface area (Å²) in [6.07, 6.45) is 0.328. The summed E-state index contributed by atoms with van der Waals surface area (Å²) in [5.41, 5.74) is 0.714. The third kappa shape index (κ3) is 4.74. The molecule has 2 heterocycles. The predicted molar refractivity (Wildman–Crippen MR) is 110 cm³/mol. The van der Waals surface area contributed by atoms with Gasteiger partial charge in [0.15, 0.2) is 0 Å². The maximum Gasteiger partial charge on any atom is 0.348 e. The lowest BCUT2D eigenvalue weighted by atomic mass is 10.1. The van der Waals surface area contributed by atoms with Crippen LogP contribution in [0.2, 0.25) is 0 Å². The number of nitrogens with zero attached hydrogens (tertiary/aromatic N) is 2. The molecule has 1 aromatic carbocycles. The monoisotopic (exact) mass is 435 g/mol. The van der Waals surface area contributed by atoms with E-state index in [-0.39, 0.29) is 40.4 Å². The minimum atomic E-state index is -1.14. The van der Waals surface area contributed by atoms with Crippen LogP contribution >= 0.6 is 24.0 Å². The van der Waals surface area contributed by atoms with E-state index in [1.54, 1.807) is 5.38 Å². The molecule has 0 aliphatic carbocycles. The highest BCUT2D eigenvalue weighted by Crippen LogP contribution is 2.27. The van der Waals surface area contributed by atoms with Crippen LogP contribution in [0.25, 0.3) is 0 Å². The summed E-state index contributed by atoms with van der Waals surface area (Å²) < 4.78 is 0. The number of carboxylic acid groups (broad SMARTS) is 1. The molecular weight excluding hydrogens is 418 g/mol. The highest BCUT2D eigenvalue weighted by molar-refractivity contribution is 7.81. The van der Waals surface area contributed by atoms with Crippen LogP contribution in [-0.2, 0) is 16.0 Å². The lowest BCUT2D eigenvalue weighted by Crippen LogP contribution is -2.44. The van der Waals surface area contributed by atoms with Crippen LogP contribution in [-0.4, -0.2) is 50.5 Å². The van der Waals surface area contributed by atoms with Gasteiger partial charge >= 0.3 is 5.97 Å². The summed E-state index contributed by atoms with van der Waals surface area (Å²) in [6, 6.07) is 6.38. The third-order valence-corrected chi connectivity index (χ3v) is 5.80. The van der Waals surface area contributed by atoms with Crippen LogP contribution in [0, 0.1) is 10.1 Å². The van der Waals surface area contributed by atoms with Gasteiger partial charge in [0.05, 0.1) is 17.0 Å². The average Bonchev–Trinajstić information content (AvgIpc) is 3.28. The largest absolute Gasteiger partial charge is 0.477 e.